The summed E-state index contributed by atoms with van der Waals surface area (Å²) >= 11 is 0. The normalized spacial score (nSPS) is 20.6. The van der Waals surface area contributed by atoms with E-state index in [0.29, 0.717) is 31.2 Å². The number of nitrogens with one attached hydrogen (secondary N) is 1. The Labute approximate surface area is 127 Å². The van der Waals surface area contributed by atoms with Crippen molar-refractivity contribution in [2.75, 3.05) is 26.3 Å². The van der Waals surface area contributed by atoms with Gasteiger partial charge in [0, 0.05) is 19.1 Å². The third-order valence-electron chi connectivity index (χ3n) is 3.77. The van der Waals surface area contributed by atoms with E-state index in [0.717, 1.165) is 18.5 Å². The van der Waals surface area contributed by atoms with Crippen LogP contribution in [0.5, 0.6) is 0 Å². The Bertz CT molecular complexity index is 560. The molecule has 5 nitrogen and oxygen atoms in total. The molecule has 1 unspecified atom stereocenters. The molecule has 1 aromatic carbocycles. The Balaban J connectivity index is 2.34. The first-order chi connectivity index (χ1) is 10.1. The number of hydrogen-bond acceptors (Lipinski definition) is 4. The molecule has 0 aliphatic carbocycles. The van der Waals surface area contributed by atoms with E-state index < -0.39 is 10.0 Å². The maximum Gasteiger partial charge on any atom is 0.243 e. The molecule has 21 heavy (non-hydrogen) atoms. The highest BCUT2D eigenvalue weighted by Crippen LogP contribution is 2.24. The van der Waals surface area contributed by atoms with Gasteiger partial charge in [-0.15, -0.1) is 0 Å². The molecule has 1 aliphatic heterocycles. The van der Waals surface area contributed by atoms with Gasteiger partial charge >= 0.3 is 0 Å². The van der Waals surface area contributed by atoms with Crippen LogP contribution in [0.2, 0.25) is 0 Å². The van der Waals surface area contributed by atoms with Gasteiger partial charge in [0.1, 0.15) is 0 Å². The van der Waals surface area contributed by atoms with Crippen LogP contribution in [0.4, 0.5) is 0 Å². The van der Waals surface area contributed by atoms with Crippen molar-refractivity contribution in [2.24, 2.45) is 0 Å². The highest BCUT2D eigenvalue weighted by Gasteiger charge is 2.34. The van der Waals surface area contributed by atoms with Crippen molar-refractivity contribution in [1.29, 1.82) is 0 Å². The zero-order chi connectivity index (χ0) is 15.3. The second kappa shape index (κ2) is 7.35. The summed E-state index contributed by atoms with van der Waals surface area (Å²) in [6, 6.07) is 7.16. The zero-order valence-electron chi connectivity index (χ0n) is 12.7. The SMILES string of the molecule is CCNCc1ccccc1S(=O)(=O)N1CCOCC1CC. The van der Waals surface area contributed by atoms with Crippen molar-refractivity contribution in [3.63, 3.8) is 0 Å². The van der Waals surface area contributed by atoms with Gasteiger partial charge in [0.25, 0.3) is 0 Å². The number of ether oxygens (including phenoxy) is 1. The second-order valence-electron chi connectivity index (χ2n) is 5.14. The van der Waals surface area contributed by atoms with Crippen molar-refractivity contribution in [2.45, 2.75) is 37.8 Å². The first-order valence-corrected chi connectivity index (χ1v) is 8.93. The van der Waals surface area contributed by atoms with Crippen molar-refractivity contribution >= 4 is 10.0 Å². The molecule has 6 heteroatoms. The molecular weight excluding hydrogens is 288 g/mol. The first-order valence-electron chi connectivity index (χ1n) is 7.49. The van der Waals surface area contributed by atoms with Crippen LogP contribution >= 0.6 is 0 Å². The number of rotatable bonds is 6. The molecule has 1 heterocycles. The van der Waals surface area contributed by atoms with E-state index in [9.17, 15) is 8.42 Å². The van der Waals surface area contributed by atoms with Crippen molar-refractivity contribution < 1.29 is 13.2 Å². The van der Waals surface area contributed by atoms with Crippen LogP contribution < -0.4 is 5.32 Å². The summed E-state index contributed by atoms with van der Waals surface area (Å²) < 4.78 is 33.0. The van der Waals surface area contributed by atoms with Gasteiger partial charge in [-0.25, -0.2) is 8.42 Å². The minimum atomic E-state index is -3.47. The minimum Gasteiger partial charge on any atom is -0.378 e. The van der Waals surface area contributed by atoms with Gasteiger partial charge in [-0.3, -0.25) is 0 Å². The van der Waals surface area contributed by atoms with Gasteiger partial charge in [0.05, 0.1) is 18.1 Å². The Morgan fingerprint density at radius 3 is 2.81 bits per heavy atom. The average molecular weight is 312 g/mol. The summed E-state index contributed by atoms with van der Waals surface area (Å²) in [5, 5.41) is 3.20. The highest BCUT2D eigenvalue weighted by atomic mass is 32.2. The fourth-order valence-corrected chi connectivity index (χ4v) is 4.46. The topological polar surface area (TPSA) is 58.6 Å². The highest BCUT2D eigenvalue weighted by molar-refractivity contribution is 7.89. The summed E-state index contributed by atoms with van der Waals surface area (Å²) in [7, 11) is -3.47. The molecule has 1 atom stereocenters. The van der Waals surface area contributed by atoms with E-state index in [-0.39, 0.29) is 6.04 Å². The molecule has 118 valence electrons. The fourth-order valence-electron chi connectivity index (χ4n) is 2.57. The first kappa shape index (κ1) is 16.4. The standard InChI is InChI=1S/C15H24N2O3S/c1-3-14-12-20-10-9-17(14)21(18,19)15-8-6-5-7-13(15)11-16-4-2/h5-8,14,16H,3-4,9-12H2,1-2H3. The van der Waals surface area contributed by atoms with E-state index in [2.05, 4.69) is 5.32 Å². The Hall–Kier alpha value is -0.950. The Kier molecular flexibility index (Phi) is 5.75. The van der Waals surface area contributed by atoms with E-state index in [4.69, 9.17) is 4.74 Å². The number of morpholine rings is 1. The molecular formula is C15H24N2O3S. The van der Waals surface area contributed by atoms with Crippen LogP contribution in [0.1, 0.15) is 25.8 Å². The molecule has 0 spiro atoms. The van der Waals surface area contributed by atoms with E-state index in [1.165, 1.54) is 0 Å². The number of sulfonamides is 1. The summed E-state index contributed by atoms with van der Waals surface area (Å²) in [6.07, 6.45) is 0.759. The molecule has 2 rings (SSSR count). The van der Waals surface area contributed by atoms with Crippen LogP contribution in [-0.4, -0.2) is 45.1 Å². The zero-order valence-corrected chi connectivity index (χ0v) is 13.5. The molecule has 0 radical (unpaired) electrons. The fraction of sp³-hybridized carbons (Fsp3) is 0.600. The maximum atomic E-state index is 13.0. The predicted octanol–water partition coefficient (Wildman–Crippen LogP) is 1.60. The summed E-state index contributed by atoms with van der Waals surface area (Å²) in [4.78, 5) is 0.409. The molecule has 0 bridgehead atoms. The summed E-state index contributed by atoms with van der Waals surface area (Å²) in [5.41, 5.74) is 0.820. The smallest absolute Gasteiger partial charge is 0.243 e. The Morgan fingerprint density at radius 1 is 1.33 bits per heavy atom. The average Bonchev–Trinajstić information content (AvgIpc) is 2.53. The van der Waals surface area contributed by atoms with E-state index in [1.807, 2.05) is 26.0 Å². The van der Waals surface area contributed by atoms with Crippen molar-refractivity contribution in [1.82, 2.24) is 9.62 Å². The van der Waals surface area contributed by atoms with E-state index >= 15 is 0 Å². The molecule has 0 saturated carbocycles. The third-order valence-corrected chi connectivity index (χ3v) is 5.82. The van der Waals surface area contributed by atoms with Gasteiger partial charge in [0.15, 0.2) is 0 Å². The number of benzene rings is 1. The lowest BCUT2D eigenvalue weighted by molar-refractivity contribution is 0.0314. The lowest BCUT2D eigenvalue weighted by Gasteiger charge is -2.34. The van der Waals surface area contributed by atoms with Gasteiger partial charge < -0.3 is 10.1 Å². The van der Waals surface area contributed by atoms with Crippen LogP contribution in [0.15, 0.2) is 29.2 Å². The quantitative estimate of drug-likeness (QED) is 0.867. The van der Waals surface area contributed by atoms with Gasteiger partial charge in [-0.1, -0.05) is 32.0 Å². The van der Waals surface area contributed by atoms with Crippen LogP contribution in [-0.2, 0) is 21.3 Å². The third kappa shape index (κ3) is 3.63. The van der Waals surface area contributed by atoms with Gasteiger partial charge in [0.2, 0.25) is 10.0 Å². The Morgan fingerprint density at radius 2 is 2.10 bits per heavy atom. The predicted molar refractivity (Wildman–Crippen MR) is 82.6 cm³/mol. The molecule has 0 amide bonds. The van der Waals surface area contributed by atoms with Crippen molar-refractivity contribution in [3.8, 4) is 0 Å². The molecule has 1 saturated heterocycles. The van der Waals surface area contributed by atoms with Crippen LogP contribution in [0.3, 0.4) is 0 Å². The van der Waals surface area contributed by atoms with Gasteiger partial charge in [-0.2, -0.15) is 4.31 Å². The number of hydrogen-bond donors (Lipinski definition) is 1. The summed E-state index contributed by atoms with van der Waals surface area (Å²) in [6.45, 7) is 6.74. The second-order valence-corrected chi connectivity index (χ2v) is 7.00. The molecule has 1 N–H and O–H groups in total. The summed E-state index contributed by atoms with van der Waals surface area (Å²) in [5.74, 6) is 0. The lowest BCUT2D eigenvalue weighted by Crippen LogP contribution is -2.48. The van der Waals surface area contributed by atoms with Crippen LogP contribution in [0, 0.1) is 0 Å². The molecule has 0 aromatic heterocycles. The van der Waals surface area contributed by atoms with Crippen molar-refractivity contribution in [3.05, 3.63) is 29.8 Å². The molecule has 1 aromatic rings. The lowest BCUT2D eigenvalue weighted by atomic mass is 10.2. The van der Waals surface area contributed by atoms with E-state index in [1.54, 1.807) is 16.4 Å². The monoisotopic (exact) mass is 312 g/mol. The number of nitrogens with zero attached hydrogens (tertiary/aromatic N) is 1. The molecule has 1 aliphatic rings. The van der Waals surface area contributed by atoms with Gasteiger partial charge in [-0.05, 0) is 24.6 Å². The molecule has 1 fully saturated rings. The largest absolute Gasteiger partial charge is 0.378 e. The minimum absolute atomic E-state index is 0.0732. The maximum absolute atomic E-state index is 13.0. The van der Waals surface area contributed by atoms with Crippen LogP contribution in [0.25, 0.3) is 0 Å².